The summed E-state index contributed by atoms with van der Waals surface area (Å²) in [4.78, 5) is 0. The maximum atomic E-state index is 13.1. The highest BCUT2D eigenvalue weighted by Gasteiger charge is 2.03. The lowest BCUT2D eigenvalue weighted by Crippen LogP contribution is -2.29. The van der Waals surface area contributed by atoms with Gasteiger partial charge >= 0.3 is 0 Å². The van der Waals surface area contributed by atoms with Gasteiger partial charge in [-0.3, -0.25) is 0 Å². The first-order valence-corrected chi connectivity index (χ1v) is 8.83. The van der Waals surface area contributed by atoms with Gasteiger partial charge in [-0.2, -0.15) is 11.8 Å². The molecule has 0 aliphatic carbocycles. The van der Waals surface area contributed by atoms with Crippen LogP contribution >= 0.6 is 24.0 Å². The van der Waals surface area contributed by atoms with Gasteiger partial charge in [0.1, 0.15) is 0 Å². The second-order valence-corrected chi connectivity index (χ2v) is 6.41. The average molecular weight is 352 g/mol. The first kappa shape index (κ1) is 17.7. The van der Waals surface area contributed by atoms with Crippen molar-refractivity contribution >= 4 is 34.8 Å². The Morgan fingerprint density at radius 3 is 2.57 bits per heavy atom. The summed E-state index contributed by atoms with van der Waals surface area (Å²) in [6, 6.07) is 13.9. The van der Waals surface area contributed by atoms with Gasteiger partial charge in [-0.25, -0.2) is 8.78 Å². The quantitative estimate of drug-likeness (QED) is 0.563. The highest BCUT2D eigenvalue weighted by molar-refractivity contribution is 7.98. The molecule has 0 heterocycles. The van der Waals surface area contributed by atoms with Gasteiger partial charge in [0.25, 0.3) is 0 Å². The normalized spacial score (nSPS) is 10.3. The topological polar surface area (TPSA) is 24.1 Å². The lowest BCUT2D eigenvalue weighted by atomic mass is 10.2. The van der Waals surface area contributed by atoms with Gasteiger partial charge in [-0.1, -0.05) is 30.3 Å². The van der Waals surface area contributed by atoms with E-state index in [2.05, 4.69) is 22.8 Å². The zero-order chi connectivity index (χ0) is 16.5. The first-order chi connectivity index (χ1) is 11.1. The van der Waals surface area contributed by atoms with E-state index in [0.29, 0.717) is 10.8 Å². The van der Waals surface area contributed by atoms with Crippen LogP contribution in [0.2, 0.25) is 0 Å². The highest BCUT2D eigenvalue weighted by atomic mass is 32.2. The molecule has 0 fully saturated rings. The first-order valence-electron chi connectivity index (χ1n) is 7.27. The van der Waals surface area contributed by atoms with E-state index in [9.17, 15) is 8.78 Å². The molecule has 0 spiro atoms. The standard InChI is InChI=1S/C17H18F2N2S2/c18-15-8-7-14(11-16(15)19)21-17(22)20-9-4-10-23-12-13-5-2-1-3-6-13/h1-3,5-8,11H,4,9-10,12H2,(H2,20,21,22). The summed E-state index contributed by atoms with van der Waals surface area (Å²) in [7, 11) is 0. The van der Waals surface area contributed by atoms with Crippen LogP contribution in [0.5, 0.6) is 0 Å². The number of hydrogen-bond acceptors (Lipinski definition) is 2. The molecule has 0 unspecified atom stereocenters. The molecule has 0 aliphatic rings. The van der Waals surface area contributed by atoms with Crippen LogP contribution in [0.25, 0.3) is 0 Å². The monoisotopic (exact) mass is 352 g/mol. The van der Waals surface area contributed by atoms with Crippen LogP contribution in [0.15, 0.2) is 48.5 Å². The van der Waals surface area contributed by atoms with Crippen molar-refractivity contribution in [2.24, 2.45) is 0 Å². The third kappa shape index (κ3) is 6.54. The molecule has 0 aliphatic heterocycles. The molecule has 0 saturated carbocycles. The second kappa shape index (κ2) is 9.47. The minimum atomic E-state index is -0.893. The van der Waals surface area contributed by atoms with Crippen LogP contribution in [0.4, 0.5) is 14.5 Å². The van der Waals surface area contributed by atoms with Crippen LogP contribution in [0.3, 0.4) is 0 Å². The van der Waals surface area contributed by atoms with Gasteiger partial charge in [-0.15, -0.1) is 0 Å². The van der Waals surface area contributed by atoms with Crippen molar-refractivity contribution in [1.82, 2.24) is 5.32 Å². The molecule has 2 nitrogen and oxygen atoms in total. The molecule has 0 atom stereocenters. The Kier molecular flexibility index (Phi) is 7.29. The lowest BCUT2D eigenvalue weighted by molar-refractivity contribution is 0.509. The Hall–Kier alpha value is -1.66. The Morgan fingerprint density at radius 2 is 1.83 bits per heavy atom. The molecule has 2 rings (SSSR count). The molecule has 2 aromatic carbocycles. The van der Waals surface area contributed by atoms with Crippen LogP contribution in [-0.2, 0) is 5.75 Å². The second-order valence-electron chi connectivity index (χ2n) is 4.90. The minimum absolute atomic E-state index is 0.407. The molecule has 122 valence electrons. The van der Waals surface area contributed by atoms with Crippen molar-refractivity contribution in [2.75, 3.05) is 17.6 Å². The molecular formula is C17H18F2N2S2. The molecule has 0 aromatic heterocycles. The van der Waals surface area contributed by atoms with E-state index in [1.807, 2.05) is 30.0 Å². The third-order valence-electron chi connectivity index (χ3n) is 3.04. The van der Waals surface area contributed by atoms with Gasteiger partial charge in [0.05, 0.1) is 0 Å². The van der Waals surface area contributed by atoms with Crippen molar-refractivity contribution in [3.63, 3.8) is 0 Å². The maximum absolute atomic E-state index is 13.1. The van der Waals surface area contributed by atoms with E-state index in [4.69, 9.17) is 12.2 Å². The van der Waals surface area contributed by atoms with Crippen molar-refractivity contribution in [2.45, 2.75) is 12.2 Å². The maximum Gasteiger partial charge on any atom is 0.170 e. The van der Waals surface area contributed by atoms with Gasteiger partial charge in [0.15, 0.2) is 16.7 Å². The highest BCUT2D eigenvalue weighted by Crippen LogP contribution is 2.13. The predicted molar refractivity (Wildman–Crippen MR) is 97.8 cm³/mol. The summed E-state index contributed by atoms with van der Waals surface area (Å²) in [5.74, 6) is 0.258. The van der Waals surface area contributed by atoms with Crippen molar-refractivity contribution in [3.8, 4) is 0 Å². The fourth-order valence-electron chi connectivity index (χ4n) is 1.89. The van der Waals surface area contributed by atoms with E-state index in [1.54, 1.807) is 0 Å². The number of thioether (sulfide) groups is 1. The van der Waals surface area contributed by atoms with E-state index >= 15 is 0 Å². The summed E-state index contributed by atoms with van der Waals surface area (Å²) < 4.78 is 25.9. The minimum Gasteiger partial charge on any atom is -0.362 e. The number of rotatable bonds is 7. The van der Waals surface area contributed by atoms with Gasteiger partial charge < -0.3 is 10.6 Å². The van der Waals surface area contributed by atoms with Crippen LogP contribution < -0.4 is 10.6 Å². The van der Waals surface area contributed by atoms with Gasteiger partial charge in [0, 0.05) is 24.1 Å². The number of benzene rings is 2. The van der Waals surface area contributed by atoms with Crippen LogP contribution in [0, 0.1) is 11.6 Å². The van der Waals surface area contributed by atoms with E-state index < -0.39 is 11.6 Å². The molecule has 0 amide bonds. The summed E-state index contributed by atoms with van der Waals surface area (Å²) in [5, 5.41) is 6.29. The summed E-state index contributed by atoms with van der Waals surface area (Å²) in [6.45, 7) is 0.733. The molecule has 0 bridgehead atoms. The summed E-state index contributed by atoms with van der Waals surface area (Å²) in [5.41, 5.74) is 1.75. The summed E-state index contributed by atoms with van der Waals surface area (Å²) in [6.07, 6.45) is 0.969. The van der Waals surface area contributed by atoms with Crippen LogP contribution in [-0.4, -0.2) is 17.4 Å². The largest absolute Gasteiger partial charge is 0.362 e. The van der Waals surface area contributed by atoms with E-state index in [-0.39, 0.29) is 0 Å². The fourth-order valence-corrected chi connectivity index (χ4v) is 3.03. The molecule has 23 heavy (non-hydrogen) atoms. The molecule has 2 aromatic rings. The van der Waals surface area contributed by atoms with Gasteiger partial charge in [-0.05, 0) is 42.1 Å². The zero-order valence-electron chi connectivity index (χ0n) is 12.5. The van der Waals surface area contributed by atoms with Crippen molar-refractivity contribution < 1.29 is 8.78 Å². The molecular weight excluding hydrogens is 334 g/mol. The van der Waals surface area contributed by atoms with Crippen LogP contribution in [0.1, 0.15) is 12.0 Å². The predicted octanol–water partition coefficient (Wildman–Crippen LogP) is 4.57. The molecule has 6 heteroatoms. The Bertz CT molecular complexity index is 636. The number of thiocarbonyl (C=S) groups is 1. The summed E-state index contributed by atoms with van der Waals surface area (Å²) >= 11 is 6.99. The molecule has 0 radical (unpaired) electrons. The fraction of sp³-hybridized carbons (Fsp3) is 0.235. The Balaban J connectivity index is 1.58. The number of halogens is 2. The zero-order valence-corrected chi connectivity index (χ0v) is 14.2. The number of nitrogens with one attached hydrogen (secondary N) is 2. The Labute approximate surface area is 144 Å². The number of hydrogen-bond donors (Lipinski definition) is 2. The molecule has 0 saturated heterocycles. The van der Waals surface area contributed by atoms with Crippen molar-refractivity contribution in [3.05, 3.63) is 65.7 Å². The third-order valence-corrected chi connectivity index (χ3v) is 4.40. The van der Waals surface area contributed by atoms with Crippen molar-refractivity contribution in [1.29, 1.82) is 0 Å². The average Bonchev–Trinajstić information content (AvgIpc) is 2.55. The lowest BCUT2D eigenvalue weighted by Gasteiger charge is -2.10. The Morgan fingerprint density at radius 1 is 1.04 bits per heavy atom. The number of anilines is 1. The van der Waals surface area contributed by atoms with E-state index in [1.165, 1.54) is 11.6 Å². The smallest absolute Gasteiger partial charge is 0.170 e. The van der Waals surface area contributed by atoms with E-state index in [0.717, 1.165) is 36.6 Å². The van der Waals surface area contributed by atoms with Gasteiger partial charge in [0.2, 0.25) is 0 Å². The molecule has 2 N–H and O–H groups in total. The SMILES string of the molecule is Fc1ccc(NC(=S)NCCCSCc2ccccc2)cc1F.